The van der Waals surface area contributed by atoms with E-state index in [1.165, 1.54) is 19.3 Å². The Labute approximate surface area is 151 Å². The third-order valence-corrected chi connectivity index (χ3v) is 7.06. The summed E-state index contributed by atoms with van der Waals surface area (Å²) in [5.74, 6) is 1.48. The van der Waals surface area contributed by atoms with Crippen molar-refractivity contribution < 1.29 is 9.59 Å². The summed E-state index contributed by atoms with van der Waals surface area (Å²) >= 11 is 0. The molecule has 3 saturated heterocycles. The maximum Gasteiger partial charge on any atom is 0.230 e. The molecule has 1 atom stereocenters. The van der Waals surface area contributed by atoms with E-state index in [0.717, 1.165) is 83.8 Å². The van der Waals surface area contributed by atoms with Gasteiger partial charge in [-0.05, 0) is 57.4 Å². The van der Waals surface area contributed by atoms with Gasteiger partial charge in [-0.15, -0.1) is 0 Å². The number of rotatable bonds is 5. The fourth-order valence-corrected chi connectivity index (χ4v) is 5.22. The molecule has 0 radical (unpaired) electrons. The molecule has 1 aliphatic carbocycles. The normalized spacial score (nSPS) is 31.1. The first-order valence-electron chi connectivity index (χ1n) is 10.5. The second kappa shape index (κ2) is 7.26. The van der Waals surface area contributed by atoms with Gasteiger partial charge in [0.2, 0.25) is 11.8 Å². The Kier molecular flexibility index (Phi) is 5.03. The van der Waals surface area contributed by atoms with Crippen molar-refractivity contribution in [2.45, 2.75) is 57.8 Å². The van der Waals surface area contributed by atoms with E-state index < -0.39 is 0 Å². The quantitative estimate of drug-likeness (QED) is 0.765. The number of amides is 2. The Bertz CT molecular complexity index is 513. The number of likely N-dealkylation sites (tertiary alicyclic amines) is 3. The maximum atomic E-state index is 13.1. The third kappa shape index (κ3) is 3.57. The van der Waals surface area contributed by atoms with E-state index in [9.17, 15) is 9.59 Å². The van der Waals surface area contributed by atoms with Crippen LogP contribution < -0.4 is 0 Å². The molecule has 0 N–H and O–H groups in total. The van der Waals surface area contributed by atoms with E-state index in [-0.39, 0.29) is 5.41 Å². The highest BCUT2D eigenvalue weighted by Crippen LogP contribution is 2.41. The highest BCUT2D eigenvalue weighted by atomic mass is 16.2. The van der Waals surface area contributed by atoms with Crippen LogP contribution in [-0.4, -0.2) is 72.3 Å². The van der Waals surface area contributed by atoms with Crippen LogP contribution in [0.25, 0.3) is 0 Å². The summed E-state index contributed by atoms with van der Waals surface area (Å²) in [5, 5.41) is 0. The number of nitrogens with zero attached hydrogens (tertiary/aromatic N) is 3. The van der Waals surface area contributed by atoms with Crippen molar-refractivity contribution in [1.82, 2.24) is 14.7 Å². The Balaban J connectivity index is 1.29. The van der Waals surface area contributed by atoms with Crippen molar-refractivity contribution in [3.8, 4) is 0 Å². The summed E-state index contributed by atoms with van der Waals surface area (Å²) in [5.41, 5.74) is -0.140. The van der Waals surface area contributed by atoms with Crippen LogP contribution in [0.1, 0.15) is 57.8 Å². The lowest BCUT2D eigenvalue weighted by molar-refractivity contribution is -0.146. The lowest BCUT2D eigenvalue weighted by Gasteiger charge is -2.42. The molecule has 4 fully saturated rings. The minimum Gasteiger partial charge on any atom is -0.343 e. The van der Waals surface area contributed by atoms with Gasteiger partial charge in [-0.3, -0.25) is 9.59 Å². The van der Waals surface area contributed by atoms with Gasteiger partial charge in [0.1, 0.15) is 0 Å². The minimum atomic E-state index is -0.140. The first kappa shape index (κ1) is 17.3. The molecule has 0 bridgehead atoms. The number of carbonyl (C=O) groups excluding carboxylic acids is 2. The fourth-order valence-electron chi connectivity index (χ4n) is 5.22. The molecule has 3 aliphatic heterocycles. The van der Waals surface area contributed by atoms with Crippen molar-refractivity contribution in [1.29, 1.82) is 0 Å². The van der Waals surface area contributed by atoms with Gasteiger partial charge in [0.15, 0.2) is 0 Å². The van der Waals surface area contributed by atoms with E-state index >= 15 is 0 Å². The highest BCUT2D eigenvalue weighted by molar-refractivity contribution is 5.84. The van der Waals surface area contributed by atoms with Crippen molar-refractivity contribution >= 4 is 11.8 Å². The summed E-state index contributed by atoms with van der Waals surface area (Å²) in [7, 11) is 0. The van der Waals surface area contributed by atoms with Crippen LogP contribution in [0, 0.1) is 11.3 Å². The van der Waals surface area contributed by atoms with E-state index in [2.05, 4.69) is 9.80 Å². The van der Waals surface area contributed by atoms with Gasteiger partial charge in [-0.25, -0.2) is 0 Å². The second-order valence-corrected chi connectivity index (χ2v) is 8.80. The van der Waals surface area contributed by atoms with Crippen LogP contribution in [0.4, 0.5) is 0 Å². The molecule has 0 aromatic rings. The predicted octanol–water partition coefficient (Wildman–Crippen LogP) is 2.11. The van der Waals surface area contributed by atoms with Gasteiger partial charge in [0.05, 0.1) is 5.41 Å². The van der Waals surface area contributed by atoms with Crippen LogP contribution in [0.2, 0.25) is 0 Å². The molecule has 1 spiro atoms. The van der Waals surface area contributed by atoms with Gasteiger partial charge in [-0.1, -0.05) is 6.42 Å². The molecule has 0 aromatic heterocycles. The number of hydrogen-bond acceptors (Lipinski definition) is 3. The molecular formula is C20H33N3O2. The molecule has 5 nitrogen and oxygen atoms in total. The smallest absolute Gasteiger partial charge is 0.230 e. The zero-order chi connectivity index (χ0) is 17.3. The zero-order valence-corrected chi connectivity index (χ0v) is 15.5. The molecule has 25 heavy (non-hydrogen) atoms. The van der Waals surface area contributed by atoms with E-state index in [0.29, 0.717) is 18.2 Å². The van der Waals surface area contributed by atoms with Crippen molar-refractivity contribution in [3.63, 3.8) is 0 Å². The van der Waals surface area contributed by atoms with E-state index in [1.54, 1.807) is 0 Å². The van der Waals surface area contributed by atoms with Gasteiger partial charge in [0.25, 0.3) is 0 Å². The summed E-state index contributed by atoms with van der Waals surface area (Å²) in [6.07, 6.45) is 10.1. The first-order valence-corrected chi connectivity index (χ1v) is 10.5. The Morgan fingerprint density at radius 2 is 1.80 bits per heavy atom. The summed E-state index contributed by atoms with van der Waals surface area (Å²) in [6, 6.07) is 0. The summed E-state index contributed by atoms with van der Waals surface area (Å²) in [6.45, 7) is 6.52. The standard InChI is InChI=1S/C20H33N3O2/c24-18(22-10-1-2-11-22)7-13-21-14-9-20(16-21)8-4-12-23(19(20)25)15-17-5-3-6-17/h17H,1-16H2. The van der Waals surface area contributed by atoms with Crippen LogP contribution in [0.3, 0.4) is 0 Å². The van der Waals surface area contributed by atoms with Gasteiger partial charge < -0.3 is 14.7 Å². The molecular weight excluding hydrogens is 314 g/mol. The molecule has 1 unspecified atom stereocenters. The molecule has 2 amide bonds. The largest absolute Gasteiger partial charge is 0.343 e. The topological polar surface area (TPSA) is 43.9 Å². The van der Waals surface area contributed by atoms with Crippen LogP contribution in [0.15, 0.2) is 0 Å². The molecule has 3 heterocycles. The van der Waals surface area contributed by atoms with Gasteiger partial charge >= 0.3 is 0 Å². The average Bonchev–Trinajstić information content (AvgIpc) is 3.23. The Hall–Kier alpha value is -1.10. The SMILES string of the molecule is O=C(CCN1CCC2(CCCN(CC3CCC3)C2=O)C1)N1CCCC1. The lowest BCUT2D eigenvalue weighted by Crippen LogP contribution is -2.51. The first-order chi connectivity index (χ1) is 12.2. The van der Waals surface area contributed by atoms with Crippen molar-refractivity contribution in [3.05, 3.63) is 0 Å². The third-order valence-electron chi connectivity index (χ3n) is 7.06. The second-order valence-electron chi connectivity index (χ2n) is 8.80. The number of piperidine rings is 1. The Morgan fingerprint density at radius 3 is 2.52 bits per heavy atom. The summed E-state index contributed by atoms with van der Waals surface area (Å²) in [4.78, 5) is 32.0. The molecule has 0 aromatic carbocycles. The fraction of sp³-hybridized carbons (Fsp3) is 0.900. The zero-order valence-electron chi connectivity index (χ0n) is 15.5. The van der Waals surface area contributed by atoms with E-state index in [4.69, 9.17) is 0 Å². The van der Waals surface area contributed by atoms with Crippen molar-refractivity contribution in [2.75, 3.05) is 45.8 Å². The molecule has 5 heteroatoms. The highest BCUT2D eigenvalue weighted by Gasteiger charge is 2.48. The predicted molar refractivity (Wildman–Crippen MR) is 97.1 cm³/mol. The molecule has 1 saturated carbocycles. The number of carbonyl (C=O) groups is 2. The Morgan fingerprint density at radius 1 is 1.00 bits per heavy atom. The average molecular weight is 348 g/mol. The number of hydrogen-bond donors (Lipinski definition) is 0. The molecule has 4 rings (SSSR count). The maximum absolute atomic E-state index is 13.1. The minimum absolute atomic E-state index is 0.140. The van der Waals surface area contributed by atoms with Gasteiger partial charge in [-0.2, -0.15) is 0 Å². The van der Waals surface area contributed by atoms with Gasteiger partial charge in [0, 0.05) is 45.7 Å². The monoisotopic (exact) mass is 347 g/mol. The van der Waals surface area contributed by atoms with Crippen LogP contribution >= 0.6 is 0 Å². The van der Waals surface area contributed by atoms with E-state index in [1.807, 2.05) is 4.90 Å². The summed E-state index contributed by atoms with van der Waals surface area (Å²) < 4.78 is 0. The lowest BCUT2D eigenvalue weighted by atomic mass is 9.77. The molecule has 4 aliphatic rings. The van der Waals surface area contributed by atoms with Crippen molar-refractivity contribution in [2.24, 2.45) is 11.3 Å². The van der Waals surface area contributed by atoms with Crippen LogP contribution in [-0.2, 0) is 9.59 Å². The van der Waals surface area contributed by atoms with Crippen LogP contribution in [0.5, 0.6) is 0 Å². The molecule has 140 valence electrons.